The first-order chi connectivity index (χ1) is 12.2. The Bertz CT molecular complexity index is 673. The number of aryl methyl sites for hydroxylation is 2. The molecule has 0 fully saturated rings. The predicted octanol–water partition coefficient (Wildman–Crippen LogP) is 2.75. The quantitative estimate of drug-likeness (QED) is 0.611. The van der Waals surface area contributed by atoms with E-state index in [4.69, 9.17) is 9.40 Å². The van der Waals surface area contributed by atoms with Gasteiger partial charge < -0.3 is 19.7 Å². The first-order valence-electron chi connectivity index (χ1n) is 8.85. The Morgan fingerprint density at radius 2 is 2.32 bits per heavy atom. The van der Waals surface area contributed by atoms with Crippen LogP contribution in [0.25, 0.3) is 0 Å². The minimum atomic E-state index is -0.732. The average Bonchev–Trinajstić information content (AvgIpc) is 3.27. The Kier molecular flexibility index (Phi) is 6.09. The number of guanidine groups is 1. The van der Waals surface area contributed by atoms with E-state index < -0.39 is 6.10 Å². The van der Waals surface area contributed by atoms with E-state index in [-0.39, 0.29) is 6.54 Å². The van der Waals surface area contributed by atoms with Crippen molar-refractivity contribution in [3.05, 3.63) is 39.7 Å². The summed E-state index contributed by atoms with van der Waals surface area (Å²) in [5.74, 6) is 1.30. The SMILES string of the molecule is CCNC(=NCC(O)c1ccco1)N(C)Cc1nc2c(s1)CCCC2. The fraction of sp³-hybridized carbons (Fsp3) is 0.556. The van der Waals surface area contributed by atoms with Gasteiger partial charge in [0, 0.05) is 18.5 Å². The Morgan fingerprint density at radius 3 is 3.04 bits per heavy atom. The highest BCUT2D eigenvalue weighted by Gasteiger charge is 2.17. The van der Waals surface area contributed by atoms with Gasteiger partial charge in [-0.05, 0) is 44.7 Å². The van der Waals surface area contributed by atoms with E-state index in [1.165, 1.54) is 29.8 Å². The molecule has 2 aromatic rings. The minimum Gasteiger partial charge on any atom is -0.467 e. The molecule has 6 nitrogen and oxygen atoms in total. The number of aliphatic hydroxyl groups excluding tert-OH is 1. The molecule has 0 aromatic carbocycles. The van der Waals surface area contributed by atoms with Gasteiger partial charge in [0.15, 0.2) is 5.96 Å². The molecule has 3 rings (SSSR count). The first-order valence-corrected chi connectivity index (χ1v) is 9.67. The van der Waals surface area contributed by atoms with Crippen LogP contribution in [0, 0.1) is 0 Å². The molecular formula is C18H26N4O2S. The Labute approximate surface area is 152 Å². The highest BCUT2D eigenvalue weighted by molar-refractivity contribution is 7.11. The molecule has 2 aromatic heterocycles. The second-order valence-electron chi connectivity index (χ2n) is 6.27. The molecule has 0 radical (unpaired) electrons. The maximum absolute atomic E-state index is 10.2. The number of furan rings is 1. The molecule has 1 atom stereocenters. The first kappa shape index (κ1) is 17.9. The van der Waals surface area contributed by atoms with Crippen molar-refractivity contribution in [2.75, 3.05) is 20.1 Å². The molecule has 0 saturated carbocycles. The number of aromatic nitrogens is 1. The smallest absolute Gasteiger partial charge is 0.194 e. The lowest BCUT2D eigenvalue weighted by molar-refractivity contribution is 0.158. The average molecular weight is 362 g/mol. The minimum absolute atomic E-state index is 0.258. The summed E-state index contributed by atoms with van der Waals surface area (Å²) in [6.07, 6.45) is 5.63. The third kappa shape index (κ3) is 4.61. The summed E-state index contributed by atoms with van der Waals surface area (Å²) in [6, 6.07) is 3.53. The number of nitrogens with one attached hydrogen (secondary N) is 1. The van der Waals surface area contributed by atoms with Crippen LogP contribution in [0.15, 0.2) is 27.8 Å². The lowest BCUT2D eigenvalue weighted by atomic mass is 10.0. The lowest BCUT2D eigenvalue weighted by Gasteiger charge is -2.21. The van der Waals surface area contributed by atoms with Gasteiger partial charge in [0.1, 0.15) is 16.9 Å². The van der Waals surface area contributed by atoms with E-state index >= 15 is 0 Å². The summed E-state index contributed by atoms with van der Waals surface area (Å²) in [4.78, 5) is 12.9. The van der Waals surface area contributed by atoms with Gasteiger partial charge in [-0.3, -0.25) is 0 Å². The van der Waals surface area contributed by atoms with Gasteiger partial charge >= 0.3 is 0 Å². The standard InChI is InChI=1S/C18H26N4O2S/c1-3-19-18(20-11-14(23)15-8-6-10-24-15)22(2)12-17-21-13-7-4-5-9-16(13)25-17/h6,8,10,14,23H,3-5,7,9,11-12H2,1-2H3,(H,19,20). The van der Waals surface area contributed by atoms with Crippen molar-refractivity contribution in [2.24, 2.45) is 4.99 Å². The van der Waals surface area contributed by atoms with Gasteiger partial charge in [-0.15, -0.1) is 11.3 Å². The van der Waals surface area contributed by atoms with Crippen LogP contribution >= 0.6 is 11.3 Å². The maximum atomic E-state index is 10.2. The van der Waals surface area contributed by atoms with E-state index in [0.29, 0.717) is 5.76 Å². The van der Waals surface area contributed by atoms with Crippen molar-refractivity contribution in [2.45, 2.75) is 45.3 Å². The summed E-state index contributed by atoms with van der Waals surface area (Å²) in [5.41, 5.74) is 1.29. The molecule has 7 heteroatoms. The van der Waals surface area contributed by atoms with Crippen molar-refractivity contribution in [1.29, 1.82) is 0 Å². The zero-order valence-electron chi connectivity index (χ0n) is 14.9. The van der Waals surface area contributed by atoms with Crippen molar-refractivity contribution >= 4 is 17.3 Å². The lowest BCUT2D eigenvalue weighted by Crippen LogP contribution is -2.38. The molecular weight excluding hydrogens is 336 g/mol. The van der Waals surface area contributed by atoms with Crippen LogP contribution in [-0.4, -0.2) is 41.1 Å². The van der Waals surface area contributed by atoms with Gasteiger partial charge in [-0.2, -0.15) is 0 Å². The molecule has 136 valence electrons. The highest BCUT2D eigenvalue weighted by atomic mass is 32.1. The normalized spacial score (nSPS) is 15.7. The van der Waals surface area contributed by atoms with Crippen LogP contribution in [0.3, 0.4) is 0 Å². The molecule has 0 spiro atoms. The predicted molar refractivity (Wildman–Crippen MR) is 99.9 cm³/mol. The van der Waals surface area contributed by atoms with Crippen LogP contribution in [0.2, 0.25) is 0 Å². The number of hydrogen-bond donors (Lipinski definition) is 2. The van der Waals surface area contributed by atoms with E-state index in [9.17, 15) is 5.11 Å². The zero-order valence-corrected chi connectivity index (χ0v) is 15.7. The third-order valence-corrected chi connectivity index (χ3v) is 5.39. The van der Waals surface area contributed by atoms with Crippen LogP contribution in [0.5, 0.6) is 0 Å². The van der Waals surface area contributed by atoms with Crippen LogP contribution in [-0.2, 0) is 19.4 Å². The zero-order chi connectivity index (χ0) is 17.6. The molecule has 1 unspecified atom stereocenters. The molecule has 1 aliphatic rings. The summed E-state index contributed by atoms with van der Waals surface area (Å²) >= 11 is 1.82. The molecule has 0 bridgehead atoms. The highest BCUT2D eigenvalue weighted by Crippen LogP contribution is 2.27. The van der Waals surface area contributed by atoms with Crippen LogP contribution < -0.4 is 5.32 Å². The fourth-order valence-electron chi connectivity index (χ4n) is 2.96. The van der Waals surface area contributed by atoms with Gasteiger partial charge in [0.05, 0.1) is 25.0 Å². The number of fused-ring (bicyclic) bond motifs is 1. The second-order valence-corrected chi connectivity index (χ2v) is 7.43. The van der Waals surface area contributed by atoms with Crippen molar-refractivity contribution in [1.82, 2.24) is 15.2 Å². The molecule has 0 aliphatic heterocycles. The Morgan fingerprint density at radius 1 is 1.48 bits per heavy atom. The van der Waals surface area contributed by atoms with Gasteiger partial charge in [0.2, 0.25) is 0 Å². The second kappa shape index (κ2) is 8.49. The van der Waals surface area contributed by atoms with E-state index in [0.717, 1.165) is 30.5 Å². The number of rotatable bonds is 6. The van der Waals surface area contributed by atoms with Crippen LogP contribution in [0.4, 0.5) is 0 Å². The largest absolute Gasteiger partial charge is 0.467 e. The van der Waals surface area contributed by atoms with Crippen molar-refractivity contribution < 1.29 is 9.52 Å². The Hall–Kier alpha value is -1.86. The van der Waals surface area contributed by atoms with E-state index in [1.807, 2.05) is 25.3 Å². The number of aliphatic imine (C=N–C) groups is 1. The van der Waals surface area contributed by atoms with Crippen molar-refractivity contribution in [3.8, 4) is 0 Å². The van der Waals surface area contributed by atoms with Gasteiger partial charge in [-0.25, -0.2) is 9.98 Å². The summed E-state index contributed by atoms with van der Waals surface area (Å²) in [5, 5.41) is 14.6. The Balaban J connectivity index is 1.64. The summed E-state index contributed by atoms with van der Waals surface area (Å²) < 4.78 is 5.23. The number of aliphatic hydroxyl groups is 1. The topological polar surface area (TPSA) is 73.9 Å². The van der Waals surface area contributed by atoms with E-state index in [2.05, 4.69) is 15.2 Å². The summed E-state index contributed by atoms with van der Waals surface area (Å²) in [7, 11) is 2.00. The molecule has 1 aliphatic carbocycles. The molecule has 25 heavy (non-hydrogen) atoms. The third-order valence-electron chi connectivity index (χ3n) is 4.24. The van der Waals surface area contributed by atoms with Crippen molar-refractivity contribution in [3.63, 3.8) is 0 Å². The molecule has 2 N–H and O–H groups in total. The molecule has 2 heterocycles. The maximum Gasteiger partial charge on any atom is 0.194 e. The van der Waals surface area contributed by atoms with E-state index in [1.54, 1.807) is 18.4 Å². The number of hydrogen-bond acceptors (Lipinski definition) is 5. The van der Waals surface area contributed by atoms with Crippen LogP contribution in [0.1, 0.15) is 47.2 Å². The van der Waals surface area contributed by atoms with Gasteiger partial charge in [-0.1, -0.05) is 0 Å². The molecule has 0 saturated heterocycles. The fourth-order valence-corrected chi connectivity index (χ4v) is 4.17. The molecule has 0 amide bonds. The number of thiazole rings is 1. The van der Waals surface area contributed by atoms with Gasteiger partial charge in [0.25, 0.3) is 0 Å². The number of nitrogens with zero attached hydrogens (tertiary/aromatic N) is 3. The monoisotopic (exact) mass is 362 g/mol. The summed E-state index contributed by atoms with van der Waals surface area (Å²) in [6.45, 7) is 3.79.